The zero-order valence-corrected chi connectivity index (χ0v) is 12.8. The number of esters is 1. The molecule has 2 rings (SSSR count). The normalized spacial score (nSPS) is 15.5. The summed E-state index contributed by atoms with van der Waals surface area (Å²) in [4.78, 5) is 25.0. The minimum absolute atomic E-state index is 0.0701. The number of amides is 1. The highest BCUT2D eigenvalue weighted by atomic mass is 16.6. The van der Waals surface area contributed by atoms with Gasteiger partial charge in [-0.2, -0.15) is 5.10 Å². The van der Waals surface area contributed by atoms with E-state index in [0.717, 1.165) is 0 Å². The second-order valence-corrected chi connectivity index (χ2v) is 5.97. The minimum Gasteiger partial charge on any atom is -0.462 e. The van der Waals surface area contributed by atoms with Crippen molar-refractivity contribution >= 4 is 12.1 Å². The van der Waals surface area contributed by atoms with Crippen molar-refractivity contribution in [2.45, 2.75) is 39.3 Å². The summed E-state index contributed by atoms with van der Waals surface area (Å²) in [5.41, 5.74) is -0.0714. The lowest BCUT2D eigenvalue weighted by Gasteiger charge is -2.39. The molecule has 1 saturated heterocycles. The zero-order valence-electron chi connectivity index (χ0n) is 12.8. The van der Waals surface area contributed by atoms with Gasteiger partial charge in [0.15, 0.2) is 0 Å². The minimum atomic E-state index is -0.495. The van der Waals surface area contributed by atoms with E-state index in [1.165, 1.54) is 6.20 Å². The third-order valence-corrected chi connectivity index (χ3v) is 3.00. The Morgan fingerprint density at radius 3 is 2.62 bits per heavy atom. The molecule has 0 saturated carbocycles. The zero-order chi connectivity index (χ0) is 15.6. The third kappa shape index (κ3) is 3.74. The molecule has 0 aromatic carbocycles. The van der Waals surface area contributed by atoms with Gasteiger partial charge in [-0.15, -0.1) is 0 Å². The van der Waals surface area contributed by atoms with Crippen LogP contribution in [0.25, 0.3) is 0 Å². The summed E-state index contributed by atoms with van der Waals surface area (Å²) < 4.78 is 11.9. The Balaban J connectivity index is 1.87. The van der Waals surface area contributed by atoms with Crippen molar-refractivity contribution in [2.75, 3.05) is 19.7 Å². The van der Waals surface area contributed by atoms with E-state index in [0.29, 0.717) is 25.3 Å². The lowest BCUT2D eigenvalue weighted by Crippen LogP contribution is -2.52. The van der Waals surface area contributed by atoms with Gasteiger partial charge < -0.3 is 14.4 Å². The summed E-state index contributed by atoms with van der Waals surface area (Å²) in [5, 5.41) is 4.15. The van der Waals surface area contributed by atoms with Gasteiger partial charge in [0.25, 0.3) is 0 Å². The topological polar surface area (TPSA) is 73.7 Å². The fourth-order valence-electron chi connectivity index (χ4n) is 1.96. The van der Waals surface area contributed by atoms with Crippen LogP contribution < -0.4 is 0 Å². The van der Waals surface area contributed by atoms with Gasteiger partial charge in [-0.3, -0.25) is 4.68 Å². The molecule has 1 aliphatic heterocycles. The number of nitrogens with zero attached hydrogens (tertiary/aromatic N) is 3. The number of hydrogen-bond donors (Lipinski definition) is 0. The van der Waals surface area contributed by atoms with Gasteiger partial charge in [0.1, 0.15) is 5.60 Å². The monoisotopic (exact) mass is 295 g/mol. The average molecular weight is 295 g/mol. The molecule has 0 spiro atoms. The number of likely N-dealkylation sites (tertiary alicyclic amines) is 1. The van der Waals surface area contributed by atoms with Crippen LogP contribution in [0.1, 0.15) is 44.1 Å². The van der Waals surface area contributed by atoms with E-state index in [2.05, 4.69) is 5.10 Å². The summed E-state index contributed by atoms with van der Waals surface area (Å²) in [5.74, 6) is -0.382. The second-order valence-electron chi connectivity index (χ2n) is 5.97. The van der Waals surface area contributed by atoms with Gasteiger partial charge in [0, 0.05) is 19.3 Å². The Morgan fingerprint density at radius 1 is 1.38 bits per heavy atom. The van der Waals surface area contributed by atoms with Crippen molar-refractivity contribution in [3.05, 3.63) is 18.0 Å². The fraction of sp³-hybridized carbons (Fsp3) is 0.643. The highest BCUT2D eigenvalue weighted by molar-refractivity contribution is 5.88. The molecule has 0 bridgehead atoms. The van der Waals surface area contributed by atoms with Crippen molar-refractivity contribution in [3.8, 4) is 0 Å². The van der Waals surface area contributed by atoms with E-state index >= 15 is 0 Å². The van der Waals surface area contributed by atoms with Crippen LogP contribution >= 0.6 is 0 Å². The van der Waals surface area contributed by atoms with Crippen molar-refractivity contribution < 1.29 is 19.1 Å². The van der Waals surface area contributed by atoms with Gasteiger partial charge >= 0.3 is 12.1 Å². The molecule has 0 N–H and O–H groups in total. The largest absolute Gasteiger partial charge is 0.462 e. The first-order chi connectivity index (χ1) is 9.80. The highest BCUT2D eigenvalue weighted by Crippen LogP contribution is 2.23. The molecule has 1 aromatic rings. The maximum absolute atomic E-state index is 11.8. The molecule has 1 aliphatic rings. The molecule has 7 heteroatoms. The van der Waals surface area contributed by atoms with Crippen molar-refractivity contribution in [1.82, 2.24) is 14.7 Å². The SMILES string of the molecule is CCOC(=O)c1cnn(C2CN(C(=O)OC(C)(C)C)C2)c1. The Morgan fingerprint density at radius 2 is 2.05 bits per heavy atom. The summed E-state index contributed by atoms with van der Waals surface area (Å²) in [7, 11) is 0. The van der Waals surface area contributed by atoms with Gasteiger partial charge in [0.05, 0.1) is 24.4 Å². The maximum Gasteiger partial charge on any atom is 0.410 e. The van der Waals surface area contributed by atoms with Crippen LogP contribution in [0.15, 0.2) is 12.4 Å². The van der Waals surface area contributed by atoms with Crippen LogP contribution in [0.2, 0.25) is 0 Å². The van der Waals surface area contributed by atoms with E-state index in [1.807, 2.05) is 20.8 Å². The number of ether oxygens (including phenoxy) is 2. The Bertz CT molecular complexity index is 527. The van der Waals surface area contributed by atoms with E-state index in [1.54, 1.807) is 22.7 Å². The van der Waals surface area contributed by atoms with Gasteiger partial charge in [-0.25, -0.2) is 9.59 Å². The summed E-state index contributed by atoms with van der Waals surface area (Å²) in [6.45, 7) is 8.65. The standard InChI is InChI=1S/C14H21N3O4/c1-5-20-12(18)10-6-15-17(7-10)11-8-16(9-11)13(19)21-14(2,3)4/h6-7,11H,5,8-9H2,1-4H3. The molecular weight excluding hydrogens is 274 g/mol. The van der Waals surface area contributed by atoms with E-state index < -0.39 is 5.60 Å². The lowest BCUT2D eigenvalue weighted by molar-refractivity contribution is -0.000452. The third-order valence-electron chi connectivity index (χ3n) is 3.00. The molecular formula is C14H21N3O4. The van der Waals surface area contributed by atoms with Crippen molar-refractivity contribution in [2.24, 2.45) is 0 Å². The predicted molar refractivity (Wildman–Crippen MR) is 75.0 cm³/mol. The van der Waals surface area contributed by atoms with Crippen molar-refractivity contribution in [1.29, 1.82) is 0 Å². The van der Waals surface area contributed by atoms with Crippen LogP contribution in [-0.2, 0) is 9.47 Å². The van der Waals surface area contributed by atoms with Crippen LogP contribution in [-0.4, -0.2) is 52.0 Å². The first-order valence-corrected chi connectivity index (χ1v) is 6.99. The Hall–Kier alpha value is -2.05. The number of carbonyl (C=O) groups is 2. The molecule has 0 atom stereocenters. The first kappa shape index (κ1) is 15.3. The number of aromatic nitrogens is 2. The molecule has 21 heavy (non-hydrogen) atoms. The summed E-state index contributed by atoms with van der Waals surface area (Å²) >= 11 is 0. The Kier molecular flexibility index (Phi) is 4.20. The number of hydrogen-bond acceptors (Lipinski definition) is 5. The van der Waals surface area contributed by atoms with E-state index in [9.17, 15) is 9.59 Å². The van der Waals surface area contributed by atoms with Crippen LogP contribution in [0.3, 0.4) is 0 Å². The molecule has 0 radical (unpaired) electrons. The summed E-state index contributed by atoms with van der Waals surface area (Å²) in [6.07, 6.45) is 2.81. The quantitative estimate of drug-likeness (QED) is 0.796. The maximum atomic E-state index is 11.8. The lowest BCUT2D eigenvalue weighted by atomic mass is 10.1. The molecule has 0 aliphatic carbocycles. The number of rotatable bonds is 3. The fourth-order valence-corrected chi connectivity index (χ4v) is 1.96. The van der Waals surface area contributed by atoms with Gasteiger partial charge in [0.2, 0.25) is 0 Å². The van der Waals surface area contributed by atoms with Crippen molar-refractivity contribution in [3.63, 3.8) is 0 Å². The van der Waals surface area contributed by atoms with Crippen LogP contribution in [0.5, 0.6) is 0 Å². The Labute approximate surface area is 123 Å². The molecule has 2 heterocycles. The second kappa shape index (κ2) is 5.75. The molecule has 1 fully saturated rings. The first-order valence-electron chi connectivity index (χ1n) is 6.99. The van der Waals surface area contributed by atoms with Gasteiger partial charge in [-0.05, 0) is 27.7 Å². The summed E-state index contributed by atoms with van der Waals surface area (Å²) in [6, 6.07) is 0.0701. The predicted octanol–water partition coefficient (Wildman–Crippen LogP) is 1.85. The smallest absolute Gasteiger partial charge is 0.410 e. The van der Waals surface area contributed by atoms with Gasteiger partial charge in [-0.1, -0.05) is 0 Å². The molecule has 7 nitrogen and oxygen atoms in total. The van der Waals surface area contributed by atoms with E-state index in [-0.39, 0.29) is 18.1 Å². The average Bonchev–Trinajstić information content (AvgIpc) is 2.74. The van der Waals surface area contributed by atoms with Crippen LogP contribution in [0, 0.1) is 0 Å². The molecule has 0 unspecified atom stereocenters. The van der Waals surface area contributed by atoms with Crippen LogP contribution in [0.4, 0.5) is 4.79 Å². The molecule has 116 valence electrons. The van der Waals surface area contributed by atoms with E-state index in [4.69, 9.17) is 9.47 Å². The number of carbonyl (C=O) groups excluding carboxylic acids is 2. The molecule has 1 amide bonds. The highest BCUT2D eigenvalue weighted by Gasteiger charge is 2.35. The molecule has 1 aromatic heterocycles.